The van der Waals surface area contributed by atoms with Gasteiger partial charge in [0.2, 0.25) is 0 Å². The van der Waals surface area contributed by atoms with Crippen molar-refractivity contribution in [2.24, 2.45) is 5.92 Å². The predicted molar refractivity (Wildman–Crippen MR) is 72.2 cm³/mol. The van der Waals surface area contributed by atoms with E-state index in [-0.39, 0.29) is 5.92 Å². The van der Waals surface area contributed by atoms with E-state index in [1.54, 1.807) is 6.26 Å². The zero-order valence-electron chi connectivity index (χ0n) is 10.1. The summed E-state index contributed by atoms with van der Waals surface area (Å²) in [5.74, 6) is 3.88. The molecular formula is C13H19NOS. The van der Waals surface area contributed by atoms with Crippen LogP contribution < -0.4 is 0 Å². The van der Waals surface area contributed by atoms with Crippen LogP contribution in [0.5, 0.6) is 0 Å². The summed E-state index contributed by atoms with van der Waals surface area (Å²) >= 11 is 0. The van der Waals surface area contributed by atoms with Crippen LogP contribution in [0.4, 0.5) is 0 Å². The lowest BCUT2D eigenvalue weighted by molar-refractivity contribution is 0.684. The first-order valence-corrected chi connectivity index (χ1v) is 7.51. The summed E-state index contributed by atoms with van der Waals surface area (Å²) in [5.41, 5.74) is 1.33. The molecule has 0 amide bonds. The minimum absolute atomic E-state index is 0.183. The molecule has 2 nitrogen and oxygen atoms in total. The lowest BCUT2D eigenvalue weighted by atomic mass is 9.96. The quantitative estimate of drug-likeness (QED) is 0.635. The van der Waals surface area contributed by atoms with Crippen LogP contribution in [0, 0.1) is 11.3 Å². The van der Waals surface area contributed by atoms with Crippen LogP contribution in [0.2, 0.25) is 0 Å². The largest absolute Gasteiger partial charge is 0.304 e. The van der Waals surface area contributed by atoms with E-state index in [1.165, 1.54) is 0 Å². The topological polar surface area (TPSA) is 40.9 Å². The minimum atomic E-state index is -2.26. The maximum atomic E-state index is 12.0. The van der Waals surface area contributed by atoms with Gasteiger partial charge in [-0.3, -0.25) is 4.21 Å². The zero-order valence-corrected chi connectivity index (χ0v) is 10.9. The molecule has 1 aromatic carbocycles. The van der Waals surface area contributed by atoms with Crippen molar-refractivity contribution >= 4 is 21.1 Å². The lowest BCUT2D eigenvalue weighted by Gasteiger charge is -2.15. The van der Waals surface area contributed by atoms with E-state index >= 15 is 0 Å². The van der Waals surface area contributed by atoms with Gasteiger partial charge in [0.15, 0.2) is 0 Å². The maximum Gasteiger partial charge on any atom is 0.0426 e. The summed E-state index contributed by atoms with van der Waals surface area (Å²) < 4.78 is 12.0. The molecular weight excluding hydrogens is 218 g/mol. The predicted octanol–water partition coefficient (Wildman–Crippen LogP) is 2.81. The molecule has 0 aliphatic heterocycles. The number of nitrogens with one attached hydrogen (secondary N) is 1. The van der Waals surface area contributed by atoms with Gasteiger partial charge >= 0.3 is 0 Å². The molecule has 0 aromatic heterocycles. The Labute approximate surface area is 98.2 Å². The fourth-order valence-electron chi connectivity index (χ4n) is 1.54. The molecule has 0 aliphatic rings. The fraction of sp³-hybridized carbons (Fsp3) is 0.385. The molecule has 0 saturated heterocycles. The van der Waals surface area contributed by atoms with Crippen molar-refractivity contribution in [1.29, 1.82) is 5.41 Å². The lowest BCUT2D eigenvalue weighted by Crippen LogP contribution is -2.14. The van der Waals surface area contributed by atoms with Crippen molar-refractivity contribution in [1.82, 2.24) is 0 Å². The van der Waals surface area contributed by atoms with Gasteiger partial charge in [-0.25, -0.2) is 0 Å². The molecule has 3 heteroatoms. The molecule has 2 atom stereocenters. The molecule has 0 heterocycles. The van der Waals surface area contributed by atoms with E-state index in [0.29, 0.717) is 10.6 Å². The number of benzene rings is 1. The third-order valence-electron chi connectivity index (χ3n) is 2.75. The Hall–Kier alpha value is -1.09. The van der Waals surface area contributed by atoms with Crippen LogP contribution in [0.25, 0.3) is 0 Å². The van der Waals surface area contributed by atoms with E-state index in [1.807, 2.05) is 31.2 Å². The van der Waals surface area contributed by atoms with Gasteiger partial charge in [-0.15, -0.1) is 0 Å². The van der Waals surface area contributed by atoms with Gasteiger partial charge in [0.1, 0.15) is 0 Å². The first-order chi connectivity index (χ1) is 7.38. The third kappa shape index (κ3) is 2.73. The van der Waals surface area contributed by atoms with Crippen LogP contribution in [0.1, 0.15) is 25.8 Å². The molecule has 88 valence electrons. The molecule has 0 bridgehead atoms. The Morgan fingerprint density at radius 3 is 2.56 bits per heavy atom. The van der Waals surface area contributed by atoms with Gasteiger partial charge in [0.25, 0.3) is 0 Å². The van der Waals surface area contributed by atoms with Crippen LogP contribution in [0.3, 0.4) is 0 Å². The number of hydrogen-bond acceptors (Lipinski definition) is 2. The van der Waals surface area contributed by atoms with Gasteiger partial charge < -0.3 is 5.41 Å². The molecule has 0 aliphatic carbocycles. The Morgan fingerprint density at radius 2 is 2.06 bits per heavy atom. The fourth-order valence-corrected chi connectivity index (χ4v) is 2.54. The van der Waals surface area contributed by atoms with Crippen molar-refractivity contribution in [2.45, 2.75) is 25.2 Å². The molecule has 0 radical (unpaired) electrons. The SMILES string of the molecule is C=S(C)(=O)c1ccccc1C(=N)C(C)CC. The Morgan fingerprint density at radius 1 is 1.50 bits per heavy atom. The van der Waals surface area contributed by atoms with Gasteiger partial charge in [-0.05, 0) is 33.8 Å². The summed E-state index contributed by atoms with van der Waals surface area (Å²) in [6.07, 6.45) is 2.53. The van der Waals surface area contributed by atoms with Gasteiger partial charge in [-0.2, -0.15) is 0 Å². The number of hydrogen-bond donors (Lipinski definition) is 1. The highest BCUT2D eigenvalue weighted by Crippen LogP contribution is 2.20. The molecule has 0 saturated carbocycles. The smallest absolute Gasteiger partial charge is 0.0426 e. The average molecular weight is 237 g/mol. The molecule has 1 N–H and O–H groups in total. The highest BCUT2D eigenvalue weighted by atomic mass is 32.2. The summed E-state index contributed by atoms with van der Waals surface area (Å²) in [6.45, 7) is 4.06. The Bertz CT molecular complexity index is 488. The molecule has 16 heavy (non-hydrogen) atoms. The van der Waals surface area contributed by atoms with Crippen LogP contribution in [0.15, 0.2) is 29.2 Å². The van der Waals surface area contributed by atoms with Crippen molar-refractivity contribution < 1.29 is 4.21 Å². The van der Waals surface area contributed by atoms with Crippen LogP contribution >= 0.6 is 0 Å². The standard InChI is InChI=1S/C13H19NOS/c1-5-10(2)13(14)11-8-6-7-9-12(11)16(3,4)15/h6-10,14H,3,5H2,1-2,4H3. The molecule has 2 unspecified atom stereocenters. The average Bonchev–Trinajstić information content (AvgIpc) is 2.26. The first-order valence-electron chi connectivity index (χ1n) is 5.38. The molecule has 0 fully saturated rings. The van der Waals surface area contributed by atoms with Crippen molar-refractivity contribution in [3.63, 3.8) is 0 Å². The summed E-state index contributed by atoms with van der Waals surface area (Å²) in [4.78, 5) is 0.695. The molecule has 0 spiro atoms. The van der Waals surface area contributed by atoms with Crippen molar-refractivity contribution in [2.75, 3.05) is 6.26 Å². The maximum absolute atomic E-state index is 12.0. The van der Waals surface area contributed by atoms with Crippen molar-refractivity contribution in [3.8, 4) is 0 Å². The second-order valence-corrected chi connectivity index (χ2v) is 6.67. The van der Waals surface area contributed by atoms with Crippen molar-refractivity contribution in [3.05, 3.63) is 29.8 Å². The summed E-state index contributed by atoms with van der Waals surface area (Å²) in [6, 6.07) is 7.39. The van der Waals surface area contributed by atoms with Gasteiger partial charge in [-0.1, -0.05) is 32.0 Å². The summed E-state index contributed by atoms with van der Waals surface area (Å²) in [5, 5.41) is 8.10. The van der Waals surface area contributed by atoms with Crippen LogP contribution in [-0.2, 0) is 9.52 Å². The summed E-state index contributed by atoms with van der Waals surface area (Å²) in [7, 11) is -2.26. The second kappa shape index (κ2) is 4.83. The Kier molecular flexibility index (Phi) is 3.92. The van der Waals surface area contributed by atoms with Crippen LogP contribution in [-0.4, -0.2) is 22.0 Å². The second-order valence-electron chi connectivity index (χ2n) is 4.22. The van der Waals surface area contributed by atoms with E-state index < -0.39 is 9.52 Å². The monoisotopic (exact) mass is 237 g/mol. The van der Waals surface area contributed by atoms with E-state index in [2.05, 4.69) is 12.8 Å². The minimum Gasteiger partial charge on any atom is -0.304 e. The number of rotatable bonds is 4. The normalized spacial score (nSPS) is 16.4. The van der Waals surface area contributed by atoms with E-state index in [9.17, 15) is 4.21 Å². The molecule has 1 aromatic rings. The van der Waals surface area contributed by atoms with Gasteiger partial charge in [0, 0.05) is 22.4 Å². The van der Waals surface area contributed by atoms with E-state index in [4.69, 9.17) is 5.41 Å². The highest BCUT2D eigenvalue weighted by molar-refractivity contribution is 7.99. The molecule has 1 rings (SSSR count). The van der Waals surface area contributed by atoms with Gasteiger partial charge in [0.05, 0.1) is 0 Å². The third-order valence-corrected chi connectivity index (χ3v) is 4.03. The Balaban J connectivity index is 3.30. The highest BCUT2D eigenvalue weighted by Gasteiger charge is 2.15. The zero-order chi connectivity index (χ0) is 12.3. The van der Waals surface area contributed by atoms with E-state index in [0.717, 1.165) is 12.0 Å². The first kappa shape index (κ1) is 13.0.